The van der Waals surface area contributed by atoms with E-state index in [1.54, 1.807) is 6.26 Å². The van der Waals surface area contributed by atoms with E-state index in [0.29, 0.717) is 5.16 Å². The Morgan fingerprint density at radius 3 is 2.50 bits per heavy atom. The third kappa shape index (κ3) is 2.40. The molecule has 0 fully saturated rings. The van der Waals surface area contributed by atoms with Crippen LogP contribution in [0.25, 0.3) is 5.82 Å². The van der Waals surface area contributed by atoms with Crippen molar-refractivity contribution >= 4 is 17.7 Å². The van der Waals surface area contributed by atoms with Crippen molar-refractivity contribution in [2.75, 3.05) is 12.0 Å². The zero-order valence-corrected chi connectivity index (χ0v) is 9.96. The maximum Gasteiger partial charge on any atom is 0.417 e. The normalized spacial score (nSPS) is 11.8. The molecule has 2 heterocycles. The van der Waals surface area contributed by atoms with Crippen molar-refractivity contribution in [3.05, 3.63) is 23.9 Å². The SMILES string of the molecule is CSc1nc(N)n(-c2ccc(C(F)(F)F)cn2)n1. The lowest BCUT2D eigenvalue weighted by Gasteiger charge is -2.06. The Morgan fingerprint density at radius 1 is 1.33 bits per heavy atom. The number of halogens is 3. The molecule has 2 aromatic rings. The summed E-state index contributed by atoms with van der Waals surface area (Å²) in [6.07, 6.45) is -1.92. The van der Waals surface area contributed by atoms with Crippen LogP contribution in [0.3, 0.4) is 0 Å². The summed E-state index contributed by atoms with van der Waals surface area (Å²) >= 11 is 1.28. The Kier molecular flexibility index (Phi) is 3.16. The van der Waals surface area contributed by atoms with Crippen LogP contribution in [0.1, 0.15) is 5.56 Å². The van der Waals surface area contributed by atoms with Crippen LogP contribution in [-0.2, 0) is 6.18 Å². The minimum absolute atomic E-state index is 0.0756. The van der Waals surface area contributed by atoms with Gasteiger partial charge in [-0.15, -0.1) is 5.10 Å². The summed E-state index contributed by atoms with van der Waals surface area (Å²) in [5.41, 5.74) is 4.76. The van der Waals surface area contributed by atoms with E-state index in [9.17, 15) is 13.2 Å². The molecule has 0 saturated heterocycles. The minimum Gasteiger partial charge on any atom is -0.368 e. The fourth-order valence-corrected chi connectivity index (χ4v) is 1.59. The molecule has 0 atom stereocenters. The largest absolute Gasteiger partial charge is 0.417 e. The Hall–Kier alpha value is -1.77. The van der Waals surface area contributed by atoms with Gasteiger partial charge in [0, 0.05) is 6.20 Å². The van der Waals surface area contributed by atoms with Crippen molar-refractivity contribution in [1.29, 1.82) is 0 Å². The van der Waals surface area contributed by atoms with Crippen LogP contribution in [0.5, 0.6) is 0 Å². The van der Waals surface area contributed by atoms with Gasteiger partial charge in [0.15, 0.2) is 5.82 Å². The predicted octanol–water partition coefficient (Wildman–Crippen LogP) is 1.99. The molecule has 0 unspecified atom stereocenters. The van der Waals surface area contributed by atoms with E-state index in [4.69, 9.17) is 5.73 Å². The lowest BCUT2D eigenvalue weighted by Crippen LogP contribution is -2.08. The summed E-state index contributed by atoms with van der Waals surface area (Å²) < 4.78 is 38.3. The van der Waals surface area contributed by atoms with Gasteiger partial charge in [0.1, 0.15) is 0 Å². The molecule has 9 heteroatoms. The number of pyridine rings is 1. The average molecular weight is 275 g/mol. The lowest BCUT2D eigenvalue weighted by atomic mass is 10.3. The molecule has 0 aromatic carbocycles. The molecule has 5 nitrogen and oxygen atoms in total. The molecule has 0 amide bonds. The molecule has 0 bridgehead atoms. The van der Waals surface area contributed by atoms with Gasteiger partial charge in [-0.05, 0) is 18.4 Å². The summed E-state index contributed by atoms with van der Waals surface area (Å²) in [7, 11) is 0. The number of nitrogen functional groups attached to an aromatic ring is 1. The first-order valence-electron chi connectivity index (χ1n) is 4.72. The maximum absolute atomic E-state index is 12.4. The zero-order chi connectivity index (χ0) is 13.3. The van der Waals surface area contributed by atoms with E-state index in [0.717, 1.165) is 12.3 Å². The van der Waals surface area contributed by atoms with E-state index in [1.165, 1.54) is 22.5 Å². The van der Waals surface area contributed by atoms with Crippen LogP contribution < -0.4 is 5.73 Å². The second-order valence-electron chi connectivity index (χ2n) is 3.27. The van der Waals surface area contributed by atoms with E-state index in [-0.39, 0.29) is 11.8 Å². The van der Waals surface area contributed by atoms with Crippen molar-refractivity contribution < 1.29 is 13.2 Å². The molecular weight excluding hydrogens is 267 g/mol. The van der Waals surface area contributed by atoms with Gasteiger partial charge < -0.3 is 5.73 Å². The third-order valence-electron chi connectivity index (χ3n) is 2.09. The van der Waals surface area contributed by atoms with Crippen LogP contribution in [0.4, 0.5) is 19.1 Å². The van der Waals surface area contributed by atoms with Crippen LogP contribution >= 0.6 is 11.8 Å². The molecule has 2 rings (SSSR count). The van der Waals surface area contributed by atoms with Gasteiger partial charge in [0.05, 0.1) is 5.56 Å². The van der Waals surface area contributed by atoms with Gasteiger partial charge in [0.2, 0.25) is 11.1 Å². The fraction of sp³-hybridized carbons (Fsp3) is 0.222. The number of rotatable bonds is 2. The second-order valence-corrected chi connectivity index (χ2v) is 4.04. The topological polar surface area (TPSA) is 69.6 Å². The summed E-state index contributed by atoms with van der Waals surface area (Å²) in [5.74, 6) is 0.264. The Balaban J connectivity index is 2.37. The lowest BCUT2D eigenvalue weighted by molar-refractivity contribution is -0.137. The molecule has 18 heavy (non-hydrogen) atoms. The van der Waals surface area contributed by atoms with Gasteiger partial charge in [-0.2, -0.15) is 22.8 Å². The highest BCUT2D eigenvalue weighted by Gasteiger charge is 2.30. The third-order valence-corrected chi connectivity index (χ3v) is 2.63. The van der Waals surface area contributed by atoms with Crippen LogP contribution in [0.15, 0.2) is 23.5 Å². The van der Waals surface area contributed by atoms with Gasteiger partial charge >= 0.3 is 6.18 Å². The maximum atomic E-state index is 12.4. The molecule has 2 aromatic heterocycles. The first kappa shape index (κ1) is 12.7. The number of nitrogens with zero attached hydrogens (tertiary/aromatic N) is 4. The van der Waals surface area contributed by atoms with E-state index in [1.807, 2.05) is 0 Å². The zero-order valence-electron chi connectivity index (χ0n) is 9.14. The molecule has 0 saturated carbocycles. The first-order valence-corrected chi connectivity index (χ1v) is 5.94. The highest BCUT2D eigenvalue weighted by molar-refractivity contribution is 7.98. The molecule has 0 aliphatic heterocycles. The van der Waals surface area contributed by atoms with Crippen LogP contribution in [0.2, 0.25) is 0 Å². The Morgan fingerprint density at radius 2 is 2.06 bits per heavy atom. The molecule has 0 radical (unpaired) electrons. The number of anilines is 1. The second kappa shape index (κ2) is 4.48. The van der Waals surface area contributed by atoms with E-state index in [2.05, 4.69) is 15.1 Å². The summed E-state index contributed by atoms with van der Waals surface area (Å²) in [5, 5.41) is 4.42. The number of nitrogens with two attached hydrogens (primary N) is 1. The van der Waals surface area contributed by atoms with Gasteiger partial charge in [-0.25, -0.2) is 4.98 Å². The van der Waals surface area contributed by atoms with Crippen LogP contribution in [-0.4, -0.2) is 26.0 Å². The number of aromatic nitrogens is 4. The molecule has 0 aliphatic carbocycles. The number of alkyl halides is 3. The Labute approximate surface area is 104 Å². The van der Waals surface area contributed by atoms with Crippen molar-refractivity contribution in [2.45, 2.75) is 11.3 Å². The van der Waals surface area contributed by atoms with E-state index < -0.39 is 11.7 Å². The summed E-state index contributed by atoms with van der Waals surface area (Å²) in [6.45, 7) is 0. The molecular formula is C9H8F3N5S. The smallest absolute Gasteiger partial charge is 0.368 e. The average Bonchev–Trinajstić information content (AvgIpc) is 2.70. The predicted molar refractivity (Wildman–Crippen MR) is 60.3 cm³/mol. The standard InChI is InChI=1S/C9H8F3N5S/c1-18-8-15-7(13)17(16-8)6-3-2-5(4-14-6)9(10,11)12/h2-4H,1H3,(H2,13,15,16). The van der Waals surface area contributed by atoms with Crippen molar-refractivity contribution in [3.63, 3.8) is 0 Å². The Bertz CT molecular complexity index is 548. The number of hydrogen-bond donors (Lipinski definition) is 1. The quantitative estimate of drug-likeness (QED) is 0.849. The monoisotopic (exact) mass is 275 g/mol. The highest BCUT2D eigenvalue weighted by atomic mass is 32.2. The van der Waals surface area contributed by atoms with E-state index >= 15 is 0 Å². The van der Waals surface area contributed by atoms with Crippen molar-refractivity contribution in [2.24, 2.45) is 0 Å². The molecule has 0 spiro atoms. The van der Waals surface area contributed by atoms with Gasteiger partial charge in [0.25, 0.3) is 0 Å². The number of hydrogen-bond acceptors (Lipinski definition) is 5. The minimum atomic E-state index is -4.41. The van der Waals surface area contributed by atoms with Gasteiger partial charge in [-0.1, -0.05) is 11.8 Å². The van der Waals surface area contributed by atoms with Crippen LogP contribution in [0, 0.1) is 0 Å². The summed E-state index contributed by atoms with van der Waals surface area (Å²) in [4.78, 5) is 7.58. The van der Waals surface area contributed by atoms with Crippen molar-refractivity contribution in [3.8, 4) is 5.82 Å². The number of thioether (sulfide) groups is 1. The molecule has 96 valence electrons. The van der Waals surface area contributed by atoms with Gasteiger partial charge in [-0.3, -0.25) is 0 Å². The van der Waals surface area contributed by atoms with Crippen molar-refractivity contribution in [1.82, 2.24) is 19.7 Å². The fourth-order valence-electron chi connectivity index (χ4n) is 1.24. The molecule has 2 N–H and O–H groups in total. The summed E-state index contributed by atoms with van der Waals surface area (Å²) in [6, 6.07) is 2.11. The molecule has 0 aliphatic rings. The first-order chi connectivity index (χ1) is 8.41. The highest BCUT2D eigenvalue weighted by Crippen LogP contribution is 2.28.